The molecule has 0 atom stereocenters. The fraction of sp³-hybridized carbons (Fsp3) is 0.579. The molecule has 0 amide bonds. The Morgan fingerprint density at radius 2 is 0.901 bits per heavy atom. The van der Waals surface area contributed by atoms with Crippen LogP contribution < -0.4 is 38.6 Å². The summed E-state index contributed by atoms with van der Waals surface area (Å²) in [6.45, 7) is 54.3. The van der Waals surface area contributed by atoms with E-state index in [4.69, 9.17) is 20.9 Å². The van der Waals surface area contributed by atoms with Gasteiger partial charge < -0.3 is 39.1 Å². The van der Waals surface area contributed by atoms with Crippen LogP contribution in [-0.2, 0) is 32.5 Å². The number of benzene rings is 3. The van der Waals surface area contributed by atoms with E-state index in [1.54, 1.807) is 0 Å². The SMILES string of the molecule is CC(C)(C)C1=CC(=Nc2cc(C(C)(C)C)cc(C(C)(C)C)c2-n2nc3c(C(C)(C)C)cc(C(C)(C)C)cc3[n+]2-c2cc(C(C)(C)C)cc(C(C)(C)C)c2N)C(=N)C(C(C)(C)C)=C1.CO.[F-].[F-].[F-].[F-].[F-].[F-].[Sb+5]. The second-order valence-corrected chi connectivity index (χ2v) is 26.5. The standard InChI is InChI=1S/C56H83N6.CH4O.6FH.Sb/c1-49(2,3)33-25-37(53(13,14)15)45(57)41(29-33)59-42-30-34(50(4,5)6)28-40(56(22,23)24)48(42)62-60-47-39(55(19,20)21)27-36(52(10,11)12)32-44(47)61(62)43-31-35(51(7,8)9)26-38(46(43)58)54(16,17)18;1-2;;;;;;;/h25-32,57H,58H2,1-24H3;2H,1H3;6*1H;/q+1;;;;;;;;+5/p-6. The van der Waals surface area contributed by atoms with Gasteiger partial charge >= 0.3 is 24.4 Å². The van der Waals surface area contributed by atoms with E-state index in [2.05, 4.69) is 224 Å². The van der Waals surface area contributed by atoms with Crippen LogP contribution in [0.25, 0.3) is 22.4 Å². The molecule has 0 fully saturated rings. The fourth-order valence-electron chi connectivity index (χ4n) is 8.17. The Hall–Kier alpha value is -3.96. The number of aromatic nitrogens is 3. The Morgan fingerprint density at radius 3 is 1.30 bits per heavy atom. The zero-order valence-electron chi connectivity index (χ0n) is 47.6. The van der Waals surface area contributed by atoms with Gasteiger partial charge in [0.05, 0.1) is 27.9 Å². The van der Waals surface area contributed by atoms with E-state index in [1.165, 1.54) is 22.3 Å². The summed E-state index contributed by atoms with van der Waals surface area (Å²) in [6, 6.07) is 13.9. The number of anilines is 1. The van der Waals surface area contributed by atoms with Crippen LogP contribution in [0.2, 0.25) is 0 Å². The Balaban J connectivity index is -0.00000246. The molecule has 7 nitrogen and oxygen atoms in total. The van der Waals surface area contributed by atoms with Gasteiger partial charge in [0.1, 0.15) is 0 Å². The van der Waals surface area contributed by atoms with Gasteiger partial charge in [0.2, 0.25) is 5.52 Å². The maximum Gasteiger partial charge on any atom is 5.00 e. The fourth-order valence-corrected chi connectivity index (χ4v) is 8.17. The summed E-state index contributed by atoms with van der Waals surface area (Å²) in [5.74, 6) is 0. The van der Waals surface area contributed by atoms with Crippen molar-refractivity contribution in [3.63, 3.8) is 0 Å². The maximum atomic E-state index is 9.78. The van der Waals surface area contributed by atoms with Crippen molar-refractivity contribution in [2.45, 2.75) is 199 Å². The number of nitrogen functional groups attached to an aromatic ring is 1. The van der Waals surface area contributed by atoms with Crippen LogP contribution in [-0.4, -0.2) is 58.0 Å². The molecule has 14 heteroatoms. The van der Waals surface area contributed by atoms with Crippen molar-refractivity contribution >= 4 is 58.3 Å². The molecule has 3 aromatic carbocycles. The summed E-state index contributed by atoms with van der Waals surface area (Å²) in [5.41, 5.74) is 21.4. The van der Waals surface area contributed by atoms with Crippen LogP contribution in [0, 0.1) is 16.2 Å². The van der Waals surface area contributed by atoms with Gasteiger partial charge in [-0.15, -0.1) is 4.68 Å². The summed E-state index contributed by atoms with van der Waals surface area (Å²) in [6.07, 6.45) is 4.37. The van der Waals surface area contributed by atoms with Crippen LogP contribution in [0.15, 0.2) is 64.7 Å². The van der Waals surface area contributed by atoms with Crippen LogP contribution in [0.5, 0.6) is 0 Å². The second kappa shape index (κ2) is 23.9. The molecule has 0 unspecified atom stereocenters. The first-order chi connectivity index (χ1) is 28.6. The summed E-state index contributed by atoms with van der Waals surface area (Å²) < 4.78 is 2.30. The Labute approximate surface area is 441 Å². The molecule has 398 valence electrons. The quantitative estimate of drug-likeness (QED) is 0.0642. The van der Waals surface area contributed by atoms with Gasteiger partial charge in [-0.1, -0.05) is 184 Å². The van der Waals surface area contributed by atoms with Gasteiger partial charge in [-0.05, 0) is 117 Å². The molecule has 0 aliphatic heterocycles. The molecule has 0 radical (unpaired) electrons. The van der Waals surface area contributed by atoms with E-state index in [1.807, 2.05) is 0 Å². The third-order valence-electron chi connectivity index (χ3n) is 12.4. The largest absolute Gasteiger partial charge is 5.00 e. The van der Waals surface area contributed by atoms with Gasteiger partial charge in [0.25, 0.3) is 5.52 Å². The van der Waals surface area contributed by atoms with Gasteiger partial charge in [-0.25, -0.2) is 4.99 Å². The average Bonchev–Trinajstić information content (AvgIpc) is 3.48. The topological polar surface area (TPSA) is 104 Å². The molecule has 1 aliphatic carbocycles. The summed E-state index contributed by atoms with van der Waals surface area (Å²) in [7, 11) is 1.00. The van der Waals surface area contributed by atoms with Crippen LogP contribution in [0.3, 0.4) is 0 Å². The number of nitrogens with two attached hydrogens (primary N) is 1. The van der Waals surface area contributed by atoms with Crippen LogP contribution in [0.1, 0.15) is 200 Å². The van der Waals surface area contributed by atoms with Crippen molar-refractivity contribution in [1.82, 2.24) is 9.90 Å². The molecular weight excluding hydrogens is 1020 g/mol. The maximum absolute atomic E-state index is 9.78. The van der Waals surface area contributed by atoms with Crippen molar-refractivity contribution in [1.29, 1.82) is 5.41 Å². The van der Waals surface area contributed by atoms with Gasteiger partial charge in [0, 0.05) is 12.7 Å². The predicted molar refractivity (Wildman–Crippen MR) is 283 cm³/mol. The predicted octanol–water partition coefficient (Wildman–Crippen LogP) is -4.03. The molecule has 1 aromatic heterocycles. The van der Waals surface area contributed by atoms with Crippen LogP contribution >= 0.6 is 0 Å². The number of aliphatic hydroxyl groups excluding tert-OH is 1. The first-order valence-corrected chi connectivity index (χ1v) is 23.3. The molecule has 71 heavy (non-hydrogen) atoms. The smallest absolute Gasteiger partial charge is 1.00 e. The summed E-state index contributed by atoms with van der Waals surface area (Å²) >= 11 is 0. The molecule has 4 N–H and O–H groups in total. The first-order valence-electron chi connectivity index (χ1n) is 23.3. The number of hydrogen-bond donors (Lipinski definition) is 3. The van der Waals surface area contributed by atoms with E-state index in [-0.39, 0.29) is 96.0 Å². The van der Waals surface area contributed by atoms with Crippen LogP contribution in [0.4, 0.5) is 11.4 Å². The number of nitrogens with one attached hydrogen (secondary N) is 1. The zero-order valence-corrected chi connectivity index (χ0v) is 50.2. The molecule has 1 heterocycles. The van der Waals surface area contributed by atoms with Gasteiger partial charge in [-0.2, -0.15) is 0 Å². The number of rotatable bonds is 3. The van der Waals surface area contributed by atoms with Crippen molar-refractivity contribution in [3.8, 4) is 11.4 Å². The number of nitrogens with zero attached hydrogens (tertiary/aromatic N) is 4. The number of aliphatic hydroxyl groups is 1. The van der Waals surface area contributed by atoms with E-state index in [0.717, 1.165) is 63.2 Å². The normalized spacial score (nSPS) is 14.1. The molecule has 0 saturated heterocycles. The van der Waals surface area contributed by atoms with E-state index in [0.29, 0.717) is 11.4 Å². The Kier molecular flexibility index (Phi) is 24.8. The Bertz CT molecular complexity index is 2570. The minimum Gasteiger partial charge on any atom is -1.00 e. The van der Waals surface area contributed by atoms with Crippen molar-refractivity contribution < 1.29 is 38.0 Å². The minimum atomic E-state index is -0.330. The molecule has 0 spiro atoms. The van der Waals surface area contributed by atoms with Crippen molar-refractivity contribution in [3.05, 3.63) is 93.1 Å². The molecule has 0 bridgehead atoms. The monoisotopic (exact) mass is 1110 g/mol. The van der Waals surface area contributed by atoms with E-state index in [9.17, 15) is 5.41 Å². The summed E-state index contributed by atoms with van der Waals surface area (Å²) in [4.78, 5) is 7.82. The molecule has 5 rings (SSSR count). The number of halogens is 6. The van der Waals surface area contributed by atoms with Gasteiger partial charge in [-0.3, -0.25) is 5.41 Å². The average molecular weight is 1110 g/mol. The molecular formula is C57H87F6N6OSb. The Morgan fingerprint density at radius 1 is 0.507 bits per heavy atom. The third-order valence-corrected chi connectivity index (χ3v) is 12.4. The minimum absolute atomic E-state index is 0. The number of allylic oxidation sites excluding steroid dienone is 4. The number of aliphatic imine (C=N–C) groups is 1. The molecule has 4 aromatic rings. The van der Waals surface area contributed by atoms with Gasteiger partial charge in [0.15, 0.2) is 11.4 Å². The third kappa shape index (κ3) is 15.5. The van der Waals surface area contributed by atoms with E-state index >= 15 is 0 Å². The molecule has 1 aliphatic rings. The first kappa shape index (κ1) is 73.6. The summed E-state index contributed by atoms with van der Waals surface area (Å²) in [5, 5.41) is 22.6. The number of hydrogen-bond acceptors (Lipinski definition) is 5. The van der Waals surface area contributed by atoms with E-state index < -0.39 is 0 Å². The van der Waals surface area contributed by atoms with Crippen molar-refractivity contribution in [2.24, 2.45) is 15.8 Å². The second-order valence-electron chi connectivity index (χ2n) is 26.5. The molecule has 0 saturated carbocycles. The number of fused-ring (bicyclic) bond motifs is 1. The van der Waals surface area contributed by atoms with Crippen molar-refractivity contribution in [2.75, 3.05) is 12.8 Å². The zero-order chi connectivity index (χ0) is 49.5.